The molecule has 3 amide bonds. The maximum atomic E-state index is 11.9. The molecule has 1 aromatic rings. The van der Waals surface area contributed by atoms with Crippen molar-refractivity contribution in [3.05, 3.63) is 21.4 Å². The van der Waals surface area contributed by atoms with Crippen LogP contribution >= 0.6 is 11.3 Å². The number of carbonyl (C=O) groups is 3. The number of nitrogens with one attached hydrogen (secondary N) is 2. The van der Waals surface area contributed by atoms with Crippen molar-refractivity contribution in [1.29, 1.82) is 0 Å². The Morgan fingerprint density at radius 1 is 1.32 bits per heavy atom. The van der Waals surface area contributed by atoms with Crippen molar-refractivity contribution in [3.8, 4) is 0 Å². The molecule has 1 heterocycles. The minimum absolute atomic E-state index is 0.0820. The molecule has 0 aromatic carbocycles. The Morgan fingerprint density at radius 3 is 2.59 bits per heavy atom. The van der Waals surface area contributed by atoms with Gasteiger partial charge >= 0.3 is 12.0 Å². The van der Waals surface area contributed by atoms with Crippen molar-refractivity contribution < 1.29 is 19.1 Å². The molecule has 1 rings (SSSR count). The van der Waals surface area contributed by atoms with E-state index in [1.165, 1.54) is 11.3 Å². The highest BCUT2D eigenvalue weighted by Gasteiger charge is 2.16. The molecule has 0 bridgehead atoms. The summed E-state index contributed by atoms with van der Waals surface area (Å²) in [6, 6.07) is 1.12. The van der Waals surface area contributed by atoms with Crippen LogP contribution in [0.1, 0.15) is 47.3 Å². The first-order valence-corrected chi connectivity index (χ1v) is 8.01. The second-order valence-corrected chi connectivity index (χ2v) is 6.45. The molecule has 6 nitrogen and oxygen atoms in total. The lowest BCUT2D eigenvalue weighted by molar-refractivity contribution is -0.123. The molecule has 0 radical (unpaired) electrons. The van der Waals surface area contributed by atoms with E-state index in [1.54, 1.807) is 19.9 Å². The van der Waals surface area contributed by atoms with Crippen LogP contribution in [0.25, 0.3) is 0 Å². The fourth-order valence-corrected chi connectivity index (χ4v) is 2.77. The van der Waals surface area contributed by atoms with Crippen LogP contribution in [0.5, 0.6) is 0 Å². The smallest absolute Gasteiger partial charge is 0.348 e. The second kappa shape index (κ2) is 8.53. The molecule has 0 aliphatic rings. The lowest BCUT2D eigenvalue weighted by Gasteiger charge is -2.09. The Bertz CT molecular complexity index is 552. The fourth-order valence-electron chi connectivity index (χ4n) is 1.80. The Balaban J connectivity index is 2.47. The molecule has 2 N–H and O–H groups in total. The fraction of sp³-hybridized carbons (Fsp3) is 0.533. The normalized spacial score (nSPS) is 10.4. The summed E-state index contributed by atoms with van der Waals surface area (Å²) in [7, 11) is 0. The molecule has 0 saturated carbocycles. The monoisotopic (exact) mass is 326 g/mol. The zero-order valence-electron chi connectivity index (χ0n) is 13.3. The van der Waals surface area contributed by atoms with Gasteiger partial charge in [-0.05, 0) is 38.8 Å². The largest absolute Gasteiger partial charge is 0.451 e. The number of aryl methyl sites for hydroxylation is 2. The van der Waals surface area contributed by atoms with E-state index in [-0.39, 0.29) is 6.04 Å². The first-order valence-electron chi connectivity index (χ1n) is 7.20. The molecule has 0 aliphatic carbocycles. The van der Waals surface area contributed by atoms with Crippen LogP contribution in [0.4, 0.5) is 4.79 Å². The number of esters is 1. The van der Waals surface area contributed by atoms with Gasteiger partial charge in [0, 0.05) is 10.9 Å². The van der Waals surface area contributed by atoms with Gasteiger partial charge < -0.3 is 10.1 Å². The number of urea groups is 1. The first kappa shape index (κ1) is 18.2. The number of ether oxygens (including phenoxy) is 1. The number of amides is 3. The first-order chi connectivity index (χ1) is 10.3. The van der Waals surface area contributed by atoms with Crippen LogP contribution in [0.3, 0.4) is 0 Å². The Labute approximate surface area is 134 Å². The van der Waals surface area contributed by atoms with Crippen LogP contribution in [0.2, 0.25) is 0 Å². The highest BCUT2D eigenvalue weighted by atomic mass is 32.1. The van der Waals surface area contributed by atoms with Gasteiger partial charge in [0.15, 0.2) is 6.61 Å². The Kier molecular flexibility index (Phi) is 7.04. The van der Waals surface area contributed by atoms with Crippen LogP contribution in [0, 0.1) is 6.92 Å². The molecular formula is C15H22N2O4S. The maximum Gasteiger partial charge on any atom is 0.348 e. The quantitative estimate of drug-likeness (QED) is 0.786. The average molecular weight is 326 g/mol. The Morgan fingerprint density at radius 2 is 2.00 bits per heavy atom. The highest BCUT2D eigenvalue weighted by Crippen LogP contribution is 2.23. The van der Waals surface area contributed by atoms with Crippen LogP contribution < -0.4 is 10.6 Å². The summed E-state index contributed by atoms with van der Waals surface area (Å²) in [5, 5.41) is 4.60. The van der Waals surface area contributed by atoms with Gasteiger partial charge in [-0.2, -0.15) is 0 Å². The maximum absolute atomic E-state index is 11.9. The molecule has 1 aromatic heterocycles. The van der Waals surface area contributed by atoms with E-state index in [9.17, 15) is 14.4 Å². The summed E-state index contributed by atoms with van der Waals surface area (Å²) in [4.78, 5) is 36.3. The average Bonchev–Trinajstić information content (AvgIpc) is 2.77. The lowest BCUT2D eigenvalue weighted by atomic mass is 10.1. The predicted molar refractivity (Wildman–Crippen MR) is 85.1 cm³/mol. The molecule has 0 unspecified atom stereocenters. The molecule has 22 heavy (non-hydrogen) atoms. The minimum Gasteiger partial charge on any atom is -0.451 e. The van der Waals surface area contributed by atoms with E-state index in [1.807, 2.05) is 6.92 Å². The van der Waals surface area contributed by atoms with Gasteiger partial charge in [0.25, 0.3) is 5.91 Å². The highest BCUT2D eigenvalue weighted by molar-refractivity contribution is 7.14. The Hall–Kier alpha value is -1.89. The number of carbonyl (C=O) groups excluding carboxylic acids is 3. The van der Waals surface area contributed by atoms with Crippen molar-refractivity contribution in [3.63, 3.8) is 0 Å². The van der Waals surface area contributed by atoms with Crippen LogP contribution in [-0.2, 0) is 16.0 Å². The molecule has 7 heteroatoms. The summed E-state index contributed by atoms with van der Waals surface area (Å²) in [6.07, 6.45) is 1.91. The summed E-state index contributed by atoms with van der Waals surface area (Å²) < 4.78 is 4.92. The standard InChI is InChI=1S/C15H22N2O4S/c1-5-6-11-7-12(22-10(11)4)14(19)21-8-13(18)17-15(20)16-9(2)3/h7,9H,5-6,8H2,1-4H3,(H2,16,17,18,20). The lowest BCUT2D eigenvalue weighted by Crippen LogP contribution is -2.44. The third-order valence-corrected chi connectivity index (χ3v) is 3.82. The molecule has 0 fully saturated rings. The molecule has 122 valence electrons. The van der Waals surface area contributed by atoms with E-state index in [4.69, 9.17) is 4.74 Å². The summed E-state index contributed by atoms with van der Waals surface area (Å²) in [6.45, 7) is 7.09. The van der Waals surface area contributed by atoms with Gasteiger partial charge in [0.1, 0.15) is 4.88 Å². The number of hydrogen-bond acceptors (Lipinski definition) is 5. The van der Waals surface area contributed by atoms with E-state index < -0.39 is 24.5 Å². The number of hydrogen-bond donors (Lipinski definition) is 2. The molecule has 0 saturated heterocycles. The van der Waals surface area contributed by atoms with Crippen molar-refractivity contribution >= 4 is 29.2 Å². The van der Waals surface area contributed by atoms with Crippen molar-refractivity contribution in [2.75, 3.05) is 6.61 Å². The summed E-state index contributed by atoms with van der Waals surface area (Å²) >= 11 is 1.35. The summed E-state index contributed by atoms with van der Waals surface area (Å²) in [5.74, 6) is -1.21. The number of imide groups is 1. The van der Waals surface area contributed by atoms with Gasteiger partial charge in [-0.15, -0.1) is 11.3 Å². The van der Waals surface area contributed by atoms with Gasteiger partial charge in [-0.1, -0.05) is 13.3 Å². The topological polar surface area (TPSA) is 84.5 Å². The molecule has 0 atom stereocenters. The second-order valence-electron chi connectivity index (χ2n) is 5.19. The van der Waals surface area contributed by atoms with E-state index >= 15 is 0 Å². The summed E-state index contributed by atoms with van der Waals surface area (Å²) in [5.41, 5.74) is 1.13. The third kappa shape index (κ3) is 5.85. The molecule has 0 spiro atoms. The van der Waals surface area contributed by atoms with Gasteiger partial charge in [0.2, 0.25) is 0 Å². The predicted octanol–water partition coefficient (Wildman–Crippen LogP) is 2.40. The third-order valence-electron chi connectivity index (χ3n) is 2.75. The van der Waals surface area contributed by atoms with E-state index in [0.29, 0.717) is 4.88 Å². The van der Waals surface area contributed by atoms with Crippen LogP contribution in [-0.4, -0.2) is 30.6 Å². The van der Waals surface area contributed by atoms with E-state index in [2.05, 4.69) is 17.6 Å². The van der Waals surface area contributed by atoms with Gasteiger partial charge in [-0.25, -0.2) is 9.59 Å². The van der Waals surface area contributed by atoms with Gasteiger partial charge in [0.05, 0.1) is 0 Å². The van der Waals surface area contributed by atoms with Gasteiger partial charge in [-0.3, -0.25) is 10.1 Å². The number of rotatable bonds is 6. The molecule has 0 aliphatic heterocycles. The van der Waals surface area contributed by atoms with E-state index in [0.717, 1.165) is 23.3 Å². The number of thiophene rings is 1. The van der Waals surface area contributed by atoms with Crippen molar-refractivity contribution in [2.45, 2.75) is 46.6 Å². The zero-order valence-corrected chi connectivity index (χ0v) is 14.1. The molecular weight excluding hydrogens is 304 g/mol. The SMILES string of the molecule is CCCc1cc(C(=O)OCC(=O)NC(=O)NC(C)C)sc1C. The van der Waals surface area contributed by atoms with Crippen molar-refractivity contribution in [2.24, 2.45) is 0 Å². The van der Waals surface area contributed by atoms with Crippen LogP contribution in [0.15, 0.2) is 6.07 Å². The zero-order chi connectivity index (χ0) is 16.7. The van der Waals surface area contributed by atoms with Crippen molar-refractivity contribution in [1.82, 2.24) is 10.6 Å². The minimum atomic E-state index is -0.659.